The Hall–Kier alpha value is -0.554. The molecular formula is C22H38MgO4. The first kappa shape index (κ1) is 28.7. The van der Waals surface area contributed by atoms with Crippen LogP contribution >= 0.6 is 0 Å². The molecule has 0 atom stereocenters. The third kappa shape index (κ3) is 21.6. The first-order chi connectivity index (χ1) is 12.6. The van der Waals surface area contributed by atoms with E-state index in [1.807, 2.05) is 0 Å². The van der Waals surface area contributed by atoms with Gasteiger partial charge in [0.25, 0.3) is 0 Å². The van der Waals surface area contributed by atoms with Gasteiger partial charge in [0, 0.05) is 0 Å². The van der Waals surface area contributed by atoms with Crippen LogP contribution in [-0.2, 0) is 9.59 Å². The van der Waals surface area contributed by atoms with E-state index in [1.54, 1.807) is 0 Å². The third-order valence-electron chi connectivity index (χ3n) is 4.85. The number of carboxylic acids is 2. The average Bonchev–Trinajstić information content (AvgIpc) is 2.59. The Morgan fingerprint density at radius 1 is 0.630 bits per heavy atom. The van der Waals surface area contributed by atoms with Crippen molar-refractivity contribution < 1.29 is 19.8 Å². The van der Waals surface area contributed by atoms with E-state index >= 15 is 0 Å². The van der Waals surface area contributed by atoms with Gasteiger partial charge in [0.1, 0.15) is 0 Å². The van der Waals surface area contributed by atoms with Gasteiger partial charge in [-0.2, -0.15) is 0 Å². The molecule has 0 aliphatic rings. The molecule has 0 rings (SSSR count). The average molecular weight is 391 g/mol. The summed E-state index contributed by atoms with van der Waals surface area (Å²) in [5.74, 6) is -2.88. The van der Waals surface area contributed by atoms with Gasteiger partial charge < -0.3 is 19.8 Å². The molecule has 152 valence electrons. The van der Waals surface area contributed by atoms with Crippen LogP contribution in [0.15, 0.2) is 11.6 Å². The standard InChI is InChI=1S/C22H40O4.Mg/c1-2-3-4-5-6-7-8-9-10-11-12-13-14-15-16-17-18-20(22(25)26)19-21(23)24;/h19H,2-18H2,1H3,(H,23,24)(H,25,26);/q;+2/p-2/b20-19+;. The van der Waals surface area contributed by atoms with E-state index in [9.17, 15) is 19.8 Å². The van der Waals surface area contributed by atoms with Gasteiger partial charge in [-0.25, -0.2) is 0 Å². The van der Waals surface area contributed by atoms with E-state index in [4.69, 9.17) is 0 Å². The van der Waals surface area contributed by atoms with Gasteiger partial charge in [0.05, 0.1) is 11.9 Å². The molecule has 0 aliphatic carbocycles. The second-order valence-corrected chi connectivity index (χ2v) is 7.33. The van der Waals surface area contributed by atoms with Gasteiger partial charge in [0.15, 0.2) is 0 Å². The molecule has 0 spiro atoms. The summed E-state index contributed by atoms with van der Waals surface area (Å²) in [5.41, 5.74) is -0.171. The second-order valence-electron chi connectivity index (χ2n) is 7.33. The van der Waals surface area contributed by atoms with Crippen molar-refractivity contribution >= 4 is 35.0 Å². The number of carbonyl (C=O) groups is 2. The number of carboxylic acid groups (broad SMARTS) is 2. The fourth-order valence-corrected chi connectivity index (χ4v) is 3.24. The molecule has 0 radical (unpaired) electrons. The Balaban J connectivity index is 0. The molecule has 0 amide bonds. The molecule has 0 aliphatic heterocycles. The largest absolute Gasteiger partial charge is 2.00 e. The zero-order valence-corrected chi connectivity index (χ0v) is 18.9. The maximum Gasteiger partial charge on any atom is 2.00 e. The monoisotopic (exact) mass is 390 g/mol. The molecule has 0 N–H and O–H groups in total. The third-order valence-corrected chi connectivity index (χ3v) is 4.85. The van der Waals surface area contributed by atoms with E-state index in [0.717, 1.165) is 12.8 Å². The van der Waals surface area contributed by atoms with Gasteiger partial charge >= 0.3 is 23.1 Å². The first-order valence-electron chi connectivity index (χ1n) is 10.7. The van der Waals surface area contributed by atoms with Crippen LogP contribution in [-0.4, -0.2) is 35.0 Å². The van der Waals surface area contributed by atoms with Gasteiger partial charge in [-0.05, 0) is 24.5 Å². The number of carbonyl (C=O) groups excluding carboxylic acids is 2. The normalized spacial score (nSPS) is 11.2. The summed E-state index contributed by atoms with van der Waals surface area (Å²) in [4.78, 5) is 21.2. The van der Waals surface area contributed by atoms with Crippen LogP contribution < -0.4 is 10.2 Å². The molecule has 0 saturated carbocycles. The van der Waals surface area contributed by atoms with E-state index < -0.39 is 11.9 Å². The molecule has 0 aromatic rings. The summed E-state index contributed by atoms with van der Waals surface area (Å²) in [7, 11) is 0. The van der Waals surface area contributed by atoms with Crippen LogP contribution in [0.25, 0.3) is 0 Å². The van der Waals surface area contributed by atoms with Crippen molar-refractivity contribution in [1.82, 2.24) is 0 Å². The van der Waals surface area contributed by atoms with Crippen molar-refractivity contribution in [2.45, 2.75) is 116 Å². The zero-order chi connectivity index (χ0) is 19.5. The predicted octanol–water partition coefficient (Wildman–Crippen LogP) is 3.68. The quantitative estimate of drug-likeness (QED) is 0.191. The molecule has 0 bridgehead atoms. The fraction of sp³-hybridized carbons (Fsp3) is 0.818. The summed E-state index contributed by atoms with van der Waals surface area (Å²) in [6, 6.07) is 0. The molecular weight excluding hydrogens is 353 g/mol. The molecule has 0 fully saturated rings. The maximum absolute atomic E-state index is 10.8. The van der Waals surface area contributed by atoms with Crippen molar-refractivity contribution in [3.8, 4) is 0 Å². The summed E-state index contributed by atoms with van der Waals surface area (Å²) >= 11 is 0. The number of hydrogen-bond acceptors (Lipinski definition) is 4. The van der Waals surface area contributed by atoms with E-state index in [2.05, 4.69) is 6.92 Å². The SMILES string of the molecule is CCCCCCCCCCCCCCCCCC/C(=C\C(=O)[O-])C(=O)[O-].[Mg+2]. The summed E-state index contributed by atoms with van der Waals surface area (Å²) in [6.07, 6.45) is 21.0. The Labute approximate surface area is 182 Å². The molecule has 0 aromatic heterocycles. The minimum Gasteiger partial charge on any atom is -0.545 e. The topological polar surface area (TPSA) is 80.3 Å². The van der Waals surface area contributed by atoms with E-state index in [-0.39, 0.29) is 35.0 Å². The molecule has 0 unspecified atom stereocenters. The Kier molecular flexibility index (Phi) is 23.1. The molecule has 27 heavy (non-hydrogen) atoms. The van der Waals surface area contributed by atoms with Crippen LogP contribution in [0.4, 0.5) is 0 Å². The minimum absolute atomic E-state index is 0. The van der Waals surface area contributed by atoms with Gasteiger partial charge in [-0.3, -0.25) is 0 Å². The summed E-state index contributed by atoms with van der Waals surface area (Å²) in [5, 5.41) is 21.2. The summed E-state index contributed by atoms with van der Waals surface area (Å²) < 4.78 is 0. The molecule has 0 aromatic carbocycles. The predicted molar refractivity (Wildman–Crippen MR) is 108 cm³/mol. The van der Waals surface area contributed by atoms with Gasteiger partial charge in [-0.15, -0.1) is 0 Å². The summed E-state index contributed by atoms with van der Waals surface area (Å²) in [6.45, 7) is 2.25. The van der Waals surface area contributed by atoms with Crippen LogP contribution in [0, 0.1) is 0 Å². The van der Waals surface area contributed by atoms with Gasteiger partial charge in [-0.1, -0.05) is 103 Å². The molecule has 0 saturated heterocycles. The molecule has 5 heteroatoms. The van der Waals surface area contributed by atoms with Crippen molar-refractivity contribution in [1.29, 1.82) is 0 Å². The van der Waals surface area contributed by atoms with Crippen molar-refractivity contribution in [3.05, 3.63) is 11.6 Å². The number of hydrogen-bond donors (Lipinski definition) is 0. The smallest absolute Gasteiger partial charge is 0.545 e. The molecule has 4 nitrogen and oxygen atoms in total. The Bertz CT molecular complexity index is 394. The number of unbranched alkanes of at least 4 members (excludes halogenated alkanes) is 15. The number of rotatable bonds is 19. The van der Waals surface area contributed by atoms with Crippen LogP contribution in [0.1, 0.15) is 116 Å². The van der Waals surface area contributed by atoms with Crippen LogP contribution in [0.2, 0.25) is 0 Å². The molecule has 0 heterocycles. The van der Waals surface area contributed by atoms with Gasteiger partial charge in [0.2, 0.25) is 0 Å². The fourth-order valence-electron chi connectivity index (χ4n) is 3.24. The van der Waals surface area contributed by atoms with Crippen LogP contribution in [0.5, 0.6) is 0 Å². The van der Waals surface area contributed by atoms with Crippen molar-refractivity contribution in [3.63, 3.8) is 0 Å². The minimum atomic E-state index is -1.47. The zero-order valence-electron chi connectivity index (χ0n) is 17.4. The van der Waals surface area contributed by atoms with Crippen molar-refractivity contribution in [2.75, 3.05) is 0 Å². The van der Waals surface area contributed by atoms with E-state index in [1.165, 1.54) is 83.5 Å². The first-order valence-corrected chi connectivity index (χ1v) is 10.7. The number of aliphatic carboxylic acids is 2. The van der Waals surface area contributed by atoms with Crippen molar-refractivity contribution in [2.24, 2.45) is 0 Å². The Morgan fingerprint density at radius 2 is 0.963 bits per heavy atom. The maximum atomic E-state index is 10.8. The Morgan fingerprint density at radius 3 is 1.26 bits per heavy atom. The van der Waals surface area contributed by atoms with Crippen LogP contribution in [0.3, 0.4) is 0 Å². The second kappa shape index (κ2) is 21.7. The van der Waals surface area contributed by atoms with E-state index in [0.29, 0.717) is 12.5 Å².